The number of fused-ring (bicyclic) bond motifs is 4. The summed E-state index contributed by atoms with van der Waals surface area (Å²) in [5.74, 6) is -8.39. The van der Waals surface area contributed by atoms with Gasteiger partial charge < -0.3 is 9.72 Å². The van der Waals surface area contributed by atoms with E-state index < -0.39 is 34.7 Å². The zero-order chi connectivity index (χ0) is 28.6. The van der Waals surface area contributed by atoms with Crippen molar-refractivity contribution < 1.29 is 27.1 Å². The van der Waals surface area contributed by atoms with Crippen LogP contribution in [-0.2, 0) is 16.6 Å². The number of aromatic amines is 1. The summed E-state index contributed by atoms with van der Waals surface area (Å²) in [5.41, 5.74) is 0.527. The van der Waals surface area contributed by atoms with E-state index in [-0.39, 0.29) is 11.1 Å². The van der Waals surface area contributed by atoms with Crippen molar-refractivity contribution in [3.63, 3.8) is 0 Å². The summed E-state index contributed by atoms with van der Waals surface area (Å²) in [5, 5.41) is 0. The first-order valence-electron chi connectivity index (χ1n) is 12.4. The van der Waals surface area contributed by atoms with E-state index in [1.807, 2.05) is 0 Å². The number of ether oxygens (including phenoxy) is 1. The maximum Gasteiger partial charge on any atom is 0.419 e. The topological polar surface area (TPSA) is 59.9 Å². The van der Waals surface area contributed by atoms with Crippen LogP contribution >= 0.6 is 15.9 Å². The monoisotopic (exact) mass is 611 g/mol. The van der Waals surface area contributed by atoms with Gasteiger partial charge in [0.1, 0.15) is 5.60 Å². The SMILES string of the molecule is CC(C)(C)OC(=O)n1cccc1-c1nc2ccc(-c3ccc4c(c3)C(F)(F)C(F)(F)c3cc(Br)ccc3-4)cc2[nH]1. The van der Waals surface area contributed by atoms with Crippen LogP contribution in [0.25, 0.3) is 44.8 Å². The van der Waals surface area contributed by atoms with Crippen LogP contribution in [-0.4, -0.2) is 26.2 Å². The summed E-state index contributed by atoms with van der Waals surface area (Å²) in [6.07, 6.45) is 1.01. The van der Waals surface area contributed by atoms with Crippen LogP contribution in [0.15, 0.2) is 77.4 Å². The summed E-state index contributed by atoms with van der Waals surface area (Å²) in [6.45, 7) is 5.31. The number of hydrogen-bond donors (Lipinski definition) is 1. The van der Waals surface area contributed by atoms with Crippen molar-refractivity contribution in [3.05, 3.63) is 88.5 Å². The van der Waals surface area contributed by atoms with Crippen LogP contribution < -0.4 is 0 Å². The molecule has 3 aromatic carbocycles. The molecule has 0 saturated heterocycles. The third-order valence-electron chi connectivity index (χ3n) is 6.76. The van der Waals surface area contributed by atoms with Gasteiger partial charge in [0.05, 0.1) is 16.7 Å². The zero-order valence-electron chi connectivity index (χ0n) is 21.5. The van der Waals surface area contributed by atoms with E-state index in [2.05, 4.69) is 25.9 Å². The van der Waals surface area contributed by atoms with Crippen LogP contribution in [0.2, 0.25) is 0 Å². The van der Waals surface area contributed by atoms with Gasteiger partial charge in [0.15, 0.2) is 5.82 Å². The molecule has 0 radical (unpaired) electrons. The molecule has 1 aliphatic rings. The number of nitrogens with zero attached hydrogens (tertiary/aromatic N) is 2. The maximum atomic E-state index is 15.3. The van der Waals surface area contributed by atoms with Gasteiger partial charge in [-0.3, -0.25) is 0 Å². The molecule has 2 aromatic heterocycles. The van der Waals surface area contributed by atoms with Gasteiger partial charge in [-0.1, -0.05) is 40.2 Å². The summed E-state index contributed by atoms with van der Waals surface area (Å²) in [6, 6.07) is 16.7. The molecule has 0 aliphatic heterocycles. The molecule has 0 spiro atoms. The van der Waals surface area contributed by atoms with Gasteiger partial charge in [-0.2, -0.15) is 17.6 Å². The molecule has 0 fully saturated rings. The van der Waals surface area contributed by atoms with Gasteiger partial charge in [-0.25, -0.2) is 14.3 Å². The average molecular weight is 612 g/mol. The smallest absolute Gasteiger partial charge is 0.419 e. The molecule has 6 rings (SSSR count). The van der Waals surface area contributed by atoms with Gasteiger partial charge in [-0.15, -0.1) is 0 Å². The Balaban J connectivity index is 1.41. The quantitative estimate of drug-likeness (QED) is 0.202. The highest BCUT2D eigenvalue weighted by atomic mass is 79.9. The van der Waals surface area contributed by atoms with Crippen molar-refractivity contribution in [2.24, 2.45) is 0 Å². The van der Waals surface area contributed by atoms with Crippen molar-refractivity contribution in [3.8, 4) is 33.8 Å². The Hall–Kier alpha value is -3.92. The molecule has 2 heterocycles. The van der Waals surface area contributed by atoms with Gasteiger partial charge in [-0.05, 0) is 85.5 Å². The number of benzene rings is 3. The first-order chi connectivity index (χ1) is 18.8. The summed E-state index contributed by atoms with van der Waals surface area (Å²) >= 11 is 3.11. The Labute approximate surface area is 234 Å². The number of imidazole rings is 1. The number of H-pyrrole nitrogens is 1. The highest BCUT2D eigenvalue weighted by Gasteiger charge is 2.62. The largest absolute Gasteiger partial charge is 0.443 e. The fourth-order valence-corrected chi connectivity index (χ4v) is 5.28. The van der Waals surface area contributed by atoms with Crippen molar-refractivity contribution in [1.29, 1.82) is 0 Å². The molecule has 1 N–H and O–H groups in total. The van der Waals surface area contributed by atoms with E-state index in [0.717, 1.165) is 12.1 Å². The molecular weight excluding hydrogens is 590 g/mol. The van der Waals surface area contributed by atoms with E-state index in [1.165, 1.54) is 16.7 Å². The number of alkyl halides is 4. The Bertz CT molecular complexity index is 1820. The predicted octanol–water partition coefficient (Wildman–Crippen LogP) is 9.11. The Morgan fingerprint density at radius 1 is 0.900 bits per heavy atom. The molecule has 0 bridgehead atoms. The normalized spacial score (nSPS) is 15.5. The lowest BCUT2D eigenvalue weighted by atomic mass is 9.79. The molecular formula is C30H22BrF4N3O2. The Morgan fingerprint density at radius 3 is 2.23 bits per heavy atom. The highest BCUT2D eigenvalue weighted by molar-refractivity contribution is 9.10. The van der Waals surface area contributed by atoms with Crippen molar-refractivity contribution >= 4 is 33.1 Å². The molecule has 0 unspecified atom stereocenters. The number of halogens is 5. The fraction of sp³-hybridized carbons (Fsp3) is 0.200. The highest BCUT2D eigenvalue weighted by Crippen LogP contribution is 2.58. The van der Waals surface area contributed by atoms with Gasteiger partial charge in [0.2, 0.25) is 0 Å². The second-order valence-corrected chi connectivity index (χ2v) is 11.6. The average Bonchev–Trinajstić information content (AvgIpc) is 3.53. The second kappa shape index (κ2) is 8.79. The molecule has 0 saturated carbocycles. The van der Waals surface area contributed by atoms with Crippen LogP contribution in [0.3, 0.4) is 0 Å². The summed E-state index contributed by atoms with van der Waals surface area (Å²) in [7, 11) is 0. The molecule has 10 heteroatoms. The first kappa shape index (κ1) is 26.3. The lowest BCUT2D eigenvalue weighted by Gasteiger charge is -2.35. The fourth-order valence-electron chi connectivity index (χ4n) is 4.92. The lowest BCUT2D eigenvalue weighted by Crippen LogP contribution is -2.39. The standard InChI is InChI=1S/C30H22BrF4N3O2/c1-28(2,3)40-27(39)38-12-4-5-25(38)26-36-23-11-7-17(14-24(23)37-26)16-6-9-19-20-10-8-18(31)15-22(20)30(34,35)29(32,33)21(19)13-16/h4-15H,1-3H3,(H,36,37). The zero-order valence-corrected chi connectivity index (χ0v) is 23.1. The Kier molecular flexibility index (Phi) is 5.78. The lowest BCUT2D eigenvalue weighted by molar-refractivity contribution is -0.225. The third kappa shape index (κ3) is 4.13. The van der Waals surface area contributed by atoms with E-state index in [0.29, 0.717) is 38.2 Å². The van der Waals surface area contributed by atoms with E-state index in [4.69, 9.17) is 4.74 Å². The number of nitrogens with one attached hydrogen (secondary N) is 1. The van der Waals surface area contributed by atoms with Crippen LogP contribution in [0.5, 0.6) is 0 Å². The van der Waals surface area contributed by atoms with Crippen molar-refractivity contribution in [1.82, 2.24) is 14.5 Å². The third-order valence-corrected chi connectivity index (χ3v) is 7.25. The Morgan fingerprint density at radius 2 is 1.52 bits per heavy atom. The van der Waals surface area contributed by atoms with Crippen LogP contribution in [0.4, 0.5) is 22.4 Å². The minimum atomic E-state index is -4.41. The molecule has 5 nitrogen and oxygen atoms in total. The molecule has 0 atom stereocenters. The molecule has 0 amide bonds. The van der Waals surface area contributed by atoms with Crippen LogP contribution in [0.1, 0.15) is 31.9 Å². The van der Waals surface area contributed by atoms with Crippen molar-refractivity contribution in [2.75, 3.05) is 0 Å². The molecule has 5 aromatic rings. The van der Waals surface area contributed by atoms with E-state index in [1.54, 1.807) is 69.4 Å². The van der Waals surface area contributed by atoms with E-state index >= 15 is 17.6 Å². The summed E-state index contributed by atoms with van der Waals surface area (Å²) in [4.78, 5) is 20.4. The molecule has 40 heavy (non-hydrogen) atoms. The van der Waals surface area contributed by atoms with Crippen molar-refractivity contribution in [2.45, 2.75) is 38.2 Å². The number of carbonyl (C=O) groups is 1. The minimum absolute atomic E-state index is 0.0648. The second-order valence-electron chi connectivity index (χ2n) is 10.7. The summed E-state index contributed by atoms with van der Waals surface area (Å²) < 4.78 is 67.8. The maximum absolute atomic E-state index is 15.3. The number of aromatic nitrogens is 3. The van der Waals surface area contributed by atoms with Gasteiger partial charge in [0, 0.05) is 21.8 Å². The first-order valence-corrected chi connectivity index (χ1v) is 13.2. The minimum Gasteiger partial charge on any atom is -0.443 e. The predicted molar refractivity (Wildman–Crippen MR) is 148 cm³/mol. The van der Waals surface area contributed by atoms with Gasteiger partial charge in [0.25, 0.3) is 0 Å². The number of carbonyl (C=O) groups excluding carboxylic acids is 1. The van der Waals surface area contributed by atoms with E-state index in [9.17, 15) is 4.79 Å². The molecule has 204 valence electrons. The number of rotatable bonds is 2. The van der Waals surface area contributed by atoms with Gasteiger partial charge >= 0.3 is 17.9 Å². The van der Waals surface area contributed by atoms with Crippen LogP contribution in [0, 0.1) is 0 Å². The number of hydrogen-bond acceptors (Lipinski definition) is 3. The molecule has 1 aliphatic carbocycles.